The average Bonchev–Trinajstić information content (AvgIpc) is 3.31. The molecule has 5 heteroatoms. The van der Waals surface area contributed by atoms with Crippen molar-refractivity contribution in [2.24, 2.45) is 0 Å². The second-order valence-corrected chi connectivity index (χ2v) is 8.34. The van der Waals surface area contributed by atoms with Crippen molar-refractivity contribution in [1.29, 1.82) is 0 Å². The SMILES string of the molecule is Cc1cccc(Cn2c(C(=O)NC[C@H]3CCCO3)cc3sc(C)cc32)c1. The smallest absolute Gasteiger partial charge is 0.268 e. The van der Waals surface area contributed by atoms with Gasteiger partial charge in [0.05, 0.1) is 16.3 Å². The lowest BCUT2D eigenvalue weighted by atomic mass is 10.1. The van der Waals surface area contributed by atoms with Crippen molar-refractivity contribution >= 4 is 27.5 Å². The summed E-state index contributed by atoms with van der Waals surface area (Å²) in [4.78, 5) is 14.1. The largest absolute Gasteiger partial charge is 0.376 e. The van der Waals surface area contributed by atoms with Gasteiger partial charge in [0, 0.05) is 24.6 Å². The Labute approximate surface area is 157 Å². The van der Waals surface area contributed by atoms with Gasteiger partial charge in [-0.25, -0.2) is 0 Å². The van der Waals surface area contributed by atoms with Crippen LogP contribution in [0.3, 0.4) is 0 Å². The number of aromatic nitrogens is 1. The molecule has 1 saturated heterocycles. The molecule has 26 heavy (non-hydrogen) atoms. The Hall–Kier alpha value is -2.11. The number of aryl methyl sites for hydroxylation is 2. The van der Waals surface area contributed by atoms with Gasteiger partial charge in [-0.1, -0.05) is 29.8 Å². The number of benzene rings is 1. The molecular weight excluding hydrogens is 344 g/mol. The maximum Gasteiger partial charge on any atom is 0.268 e. The van der Waals surface area contributed by atoms with Gasteiger partial charge in [0.25, 0.3) is 5.91 Å². The topological polar surface area (TPSA) is 43.3 Å². The lowest BCUT2D eigenvalue weighted by Crippen LogP contribution is -2.33. The molecule has 1 N–H and O–H groups in total. The maximum absolute atomic E-state index is 12.8. The zero-order valence-corrected chi connectivity index (χ0v) is 16.1. The summed E-state index contributed by atoms with van der Waals surface area (Å²) in [5.41, 5.74) is 4.30. The third-order valence-corrected chi connectivity index (χ3v) is 5.87. The molecule has 0 spiro atoms. The van der Waals surface area contributed by atoms with Gasteiger partial charge in [0.2, 0.25) is 0 Å². The van der Waals surface area contributed by atoms with E-state index in [2.05, 4.69) is 54.1 Å². The molecule has 2 aromatic heterocycles. The number of hydrogen-bond acceptors (Lipinski definition) is 3. The fourth-order valence-corrected chi connectivity index (χ4v) is 4.58. The number of nitrogens with one attached hydrogen (secondary N) is 1. The lowest BCUT2D eigenvalue weighted by Gasteiger charge is -2.13. The fourth-order valence-electron chi connectivity index (χ4n) is 3.62. The quantitative estimate of drug-likeness (QED) is 0.731. The minimum Gasteiger partial charge on any atom is -0.376 e. The zero-order valence-electron chi connectivity index (χ0n) is 15.2. The Morgan fingerprint density at radius 3 is 2.96 bits per heavy atom. The summed E-state index contributed by atoms with van der Waals surface area (Å²) < 4.78 is 8.92. The van der Waals surface area contributed by atoms with E-state index in [-0.39, 0.29) is 12.0 Å². The van der Waals surface area contributed by atoms with E-state index < -0.39 is 0 Å². The van der Waals surface area contributed by atoms with Crippen molar-refractivity contribution in [2.75, 3.05) is 13.2 Å². The highest BCUT2D eigenvalue weighted by Gasteiger charge is 2.20. The van der Waals surface area contributed by atoms with E-state index in [4.69, 9.17) is 4.74 Å². The van der Waals surface area contributed by atoms with Gasteiger partial charge in [-0.2, -0.15) is 0 Å². The Morgan fingerprint density at radius 2 is 2.19 bits per heavy atom. The van der Waals surface area contributed by atoms with Gasteiger partial charge in [-0.3, -0.25) is 4.79 Å². The van der Waals surface area contributed by atoms with Gasteiger partial charge in [0.15, 0.2) is 0 Å². The van der Waals surface area contributed by atoms with Gasteiger partial charge < -0.3 is 14.6 Å². The molecule has 136 valence electrons. The maximum atomic E-state index is 12.8. The molecule has 0 bridgehead atoms. The van der Waals surface area contributed by atoms with Crippen molar-refractivity contribution in [3.63, 3.8) is 0 Å². The molecule has 1 aromatic carbocycles. The first kappa shape index (κ1) is 17.3. The Kier molecular flexibility index (Phi) is 4.83. The normalized spacial score (nSPS) is 17.1. The molecule has 0 saturated carbocycles. The summed E-state index contributed by atoms with van der Waals surface area (Å²) in [5, 5.41) is 3.06. The van der Waals surface area contributed by atoms with E-state index in [9.17, 15) is 4.79 Å². The highest BCUT2D eigenvalue weighted by molar-refractivity contribution is 7.19. The van der Waals surface area contributed by atoms with E-state index in [0.29, 0.717) is 13.1 Å². The summed E-state index contributed by atoms with van der Waals surface area (Å²) in [6, 6.07) is 12.7. The van der Waals surface area contributed by atoms with Crippen LogP contribution in [0.4, 0.5) is 0 Å². The highest BCUT2D eigenvalue weighted by Crippen LogP contribution is 2.29. The third kappa shape index (κ3) is 3.55. The van der Waals surface area contributed by atoms with E-state index >= 15 is 0 Å². The van der Waals surface area contributed by atoms with Gasteiger partial charge >= 0.3 is 0 Å². The van der Waals surface area contributed by atoms with Crippen LogP contribution in [-0.2, 0) is 11.3 Å². The first-order chi connectivity index (χ1) is 12.6. The Balaban J connectivity index is 1.62. The standard InChI is InChI=1S/C21H24N2O2S/c1-14-5-3-6-16(9-14)13-23-18-10-15(2)26-20(18)11-19(23)21(24)22-12-17-7-4-8-25-17/h3,5-6,9-11,17H,4,7-8,12-13H2,1-2H3,(H,22,24)/t17-/m1/s1. The number of fused-ring (bicyclic) bond motifs is 1. The monoisotopic (exact) mass is 368 g/mol. The molecule has 4 rings (SSSR count). The molecule has 0 radical (unpaired) electrons. The number of ether oxygens (including phenoxy) is 1. The number of carbonyl (C=O) groups is 1. The molecule has 1 amide bonds. The number of amides is 1. The van der Waals surface area contributed by atoms with E-state index in [1.54, 1.807) is 11.3 Å². The van der Waals surface area contributed by atoms with Crippen molar-refractivity contribution in [1.82, 2.24) is 9.88 Å². The van der Waals surface area contributed by atoms with E-state index in [1.165, 1.54) is 16.0 Å². The predicted molar refractivity (Wildman–Crippen MR) is 106 cm³/mol. The molecule has 1 aliphatic rings. The van der Waals surface area contributed by atoms with Gasteiger partial charge in [-0.05, 0) is 44.4 Å². The summed E-state index contributed by atoms with van der Waals surface area (Å²) >= 11 is 1.74. The average molecular weight is 369 g/mol. The number of rotatable bonds is 5. The molecule has 4 nitrogen and oxygen atoms in total. The predicted octanol–water partition coefficient (Wildman–Crippen LogP) is 4.28. The molecule has 0 unspecified atom stereocenters. The molecule has 3 aromatic rings. The van der Waals surface area contributed by atoms with E-state index in [0.717, 1.165) is 35.4 Å². The van der Waals surface area contributed by atoms with Crippen molar-refractivity contribution in [3.8, 4) is 0 Å². The molecule has 1 aliphatic heterocycles. The van der Waals surface area contributed by atoms with Crippen LogP contribution in [0.15, 0.2) is 36.4 Å². The van der Waals surface area contributed by atoms with Crippen LogP contribution in [-0.4, -0.2) is 29.7 Å². The van der Waals surface area contributed by atoms with E-state index in [1.807, 2.05) is 6.07 Å². The Bertz CT molecular complexity index is 935. The second kappa shape index (κ2) is 7.25. The van der Waals surface area contributed by atoms with Crippen LogP contribution < -0.4 is 5.32 Å². The number of nitrogens with zero attached hydrogens (tertiary/aromatic N) is 1. The van der Waals surface area contributed by atoms with Gasteiger partial charge in [-0.15, -0.1) is 11.3 Å². The first-order valence-electron chi connectivity index (χ1n) is 9.15. The highest BCUT2D eigenvalue weighted by atomic mass is 32.1. The molecule has 3 heterocycles. The molecule has 1 fully saturated rings. The van der Waals surface area contributed by atoms with Crippen LogP contribution in [0.5, 0.6) is 0 Å². The number of thiophene rings is 1. The minimum atomic E-state index is -0.0193. The summed E-state index contributed by atoms with van der Waals surface area (Å²) in [7, 11) is 0. The van der Waals surface area contributed by atoms with Crippen molar-refractivity contribution in [3.05, 3.63) is 58.1 Å². The van der Waals surface area contributed by atoms with Crippen LogP contribution in [0.25, 0.3) is 10.2 Å². The zero-order chi connectivity index (χ0) is 18.1. The summed E-state index contributed by atoms with van der Waals surface area (Å²) in [6.45, 7) is 6.29. The van der Waals surface area contributed by atoms with Crippen LogP contribution in [0.1, 0.15) is 39.3 Å². The van der Waals surface area contributed by atoms with Crippen LogP contribution >= 0.6 is 11.3 Å². The Morgan fingerprint density at radius 1 is 1.31 bits per heavy atom. The van der Waals surface area contributed by atoms with Crippen LogP contribution in [0, 0.1) is 13.8 Å². The molecular formula is C21H24N2O2S. The molecule has 1 atom stereocenters. The van der Waals surface area contributed by atoms with Crippen molar-refractivity contribution < 1.29 is 9.53 Å². The van der Waals surface area contributed by atoms with Crippen LogP contribution in [0.2, 0.25) is 0 Å². The first-order valence-corrected chi connectivity index (χ1v) is 9.97. The van der Waals surface area contributed by atoms with Gasteiger partial charge in [0.1, 0.15) is 5.69 Å². The fraction of sp³-hybridized carbons (Fsp3) is 0.381. The minimum absolute atomic E-state index is 0.0193. The third-order valence-electron chi connectivity index (χ3n) is 4.88. The summed E-state index contributed by atoms with van der Waals surface area (Å²) in [6.07, 6.45) is 2.26. The second-order valence-electron chi connectivity index (χ2n) is 7.06. The molecule has 0 aliphatic carbocycles. The summed E-state index contributed by atoms with van der Waals surface area (Å²) in [5.74, 6) is -0.0193. The van der Waals surface area contributed by atoms with Crippen molar-refractivity contribution in [2.45, 2.75) is 39.3 Å². The lowest BCUT2D eigenvalue weighted by molar-refractivity contribution is 0.0851. The number of hydrogen-bond donors (Lipinski definition) is 1. The number of carbonyl (C=O) groups excluding carboxylic acids is 1.